The van der Waals surface area contributed by atoms with Gasteiger partial charge in [-0.05, 0) is 49.1 Å². The van der Waals surface area contributed by atoms with E-state index in [0.29, 0.717) is 78.1 Å². The maximum Gasteiger partial charge on any atom is 0.254 e. The number of piperidine rings is 1. The first-order valence-corrected chi connectivity index (χ1v) is 18.8. The van der Waals surface area contributed by atoms with Crippen molar-refractivity contribution in [1.82, 2.24) is 35.7 Å². The molecule has 0 spiro atoms. The van der Waals surface area contributed by atoms with Crippen molar-refractivity contribution in [3.05, 3.63) is 87.5 Å². The number of nitrogens with zero attached hydrogens (tertiary/aromatic N) is 4. The molecule has 0 aliphatic carbocycles. The normalized spacial score (nSPS) is 17.3. The quantitative estimate of drug-likeness (QED) is 0.157. The number of halogens is 2. The highest BCUT2D eigenvalue weighted by atomic mass is 35.5. The number of amides is 3. The van der Waals surface area contributed by atoms with Gasteiger partial charge in [0.25, 0.3) is 5.91 Å². The Labute approximate surface area is 319 Å². The second-order valence-electron chi connectivity index (χ2n) is 13.8. The van der Waals surface area contributed by atoms with Crippen LogP contribution in [0.1, 0.15) is 54.1 Å². The van der Waals surface area contributed by atoms with Crippen molar-refractivity contribution in [3.63, 3.8) is 0 Å². The number of nitrogens with one attached hydrogen (secondary N) is 3. The molecule has 5 heterocycles. The minimum atomic E-state index is -0.000105. The molecule has 4 aromatic rings. The Hall–Kier alpha value is -4.55. The number of carbonyl (C=O) groups excluding carboxylic acids is 3. The Balaban J connectivity index is 1.05. The predicted octanol–water partition coefficient (Wildman–Crippen LogP) is 5.72. The Morgan fingerprint density at radius 3 is 2.53 bits per heavy atom. The van der Waals surface area contributed by atoms with Crippen molar-refractivity contribution >= 4 is 40.9 Å². The maximum atomic E-state index is 13.2. The number of fused-ring (bicyclic) bond motifs is 1. The van der Waals surface area contributed by atoms with Crippen molar-refractivity contribution in [3.8, 4) is 39.5 Å². The molecule has 0 unspecified atom stereocenters. The highest BCUT2D eigenvalue weighted by Crippen LogP contribution is 2.42. The smallest absolute Gasteiger partial charge is 0.254 e. The van der Waals surface area contributed by atoms with E-state index in [1.54, 1.807) is 20.2 Å². The summed E-state index contributed by atoms with van der Waals surface area (Å²) in [5.74, 6) is 0.739. The third-order valence-electron chi connectivity index (χ3n) is 10.4. The molecule has 11 nitrogen and oxygen atoms in total. The fourth-order valence-electron chi connectivity index (χ4n) is 7.40. The summed E-state index contributed by atoms with van der Waals surface area (Å²) < 4.78 is 5.71. The van der Waals surface area contributed by atoms with Crippen LogP contribution in [0.15, 0.2) is 60.8 Å². The predicted molar refractivity (Wildman–Crippen MR) is 206 cm³/mol. The van der Waals surface area contributed by atoms with Crippen molar-refractivity contribution in [1.29, 1.82) is 0 Å². The summed E-state index contributed by atoms with van der Waals surface area (Å²) >= 11 is 14.2. The monoisotopic (exact) mass is 755 g/mol. The van der Waals surface area contributed by atoms with E-state index in [1.807, 2.05) is 64.4 Å². The minimum absolute atomic E-state index is 0.000105. The van der Waals surface area contributed by atoms with Crippen molar-refractivity contribution in [2.45, 2.75) is 57.8 Å². The van der Waals surface area contributed by atoms with Gasteiger partial charge in [-0.1, -0.05) is 53.5 Å². The number of rotatable bonds is 12. The van der Waals surface area contributed by atoms with Crippen LogP contribution in [0, 0.1) is 0 Å². The first kappa shape index (κ1) is 36.8. The van der Waals surface area contributed by atoms with Crippen LogP contribution in [0.25, 0.3) is 33.6 Å². The van der Waals surface area contributed by atoms with Gasteiger partial charge in [-0.25, -0.2) is 4.98 Å². The van der Waals surface area contributed by atoms with E-state index in [2.05, 4.69) is 20.9 Å². The zero-order chi connectivity index (χ0) is 37.1. The van der Waals surface area contributed by atoms with Crippen LogP contribution < -0.4 is 20.7 Å². The molecule has 1 atom stereocenters. The average molecular weight is 757 g/mol. The molecule has 53 heavy (non-hydrogen) atoms. The molecule has 0 radical (unpaired) electrons. The molecule has 276 valence electrons. The lowest BCUT2D eigenvalue weighted by Gasteiger charge is -2.31. The zero-order valence-electron chi connectivity index (χ0n) is 29.9. The molecule has 7 rings (SSSR count). The molecule has 13 heteroatoms. The molecule has 3 amide bonds. The number of benzene rings is 2. The van der Waals surface area contributed by atoms with Crippen LogP contribution in [-0.4, -0.2) is 89.4 Å². The van der Waals surface area contributed by atoms with Gasteiger partial charge in [0.2, 0.25) is 17.7 Å². The number of ether oxygens (including phenoxy) is 1. The molecule has 2 saturated heterocycles. The summed E-state index contributed by atoms with van der Waals surface area (Å²) in [5, 5.41) is 10.9. The van der Waals surface area contributed by atoms with Gasteiger partial charge in [0.05, 0.1) is 28.5 Å². The van der Waals surface area contributed by atoms with Gasteiger partial charge in [0, 0.05) is 111 Å². The first-order valence-electron chi connectivity index (χ1n) is 18.1. The minimum Gasteiger partial charge on any atom is -0.481 e. The zero-order valence-corrected chi connectivity index (χ0v) is 31.4. The summed E-state index contributed by atoms with van der Waals surface area (Å²) in [4.78, 5) is 49.5. The van der Waals surface area contributed by atoms with Crippen molar-refractivity contribution in [2.24, 2.45) is 0 Å². The molecule has 0 bridgehead atoms. The standard InChI is InChI=1S/C40H43Cl2N7O4/c1-24(50)48-17-13-28(14-18-48)45-21-26-7-10-34(47-39(26)53-2)33-5-3-4-31(36(33)41)32-12-15-44-38(37(32)42)25-6-9-30-27(20-25)23-49(40(30)52)19-16-43-22-29-8-11-35(51)46-29/h3-7,9-10,12,15,20,28-29,43,45H,8,11,13-14,16-19,21-23H2,1-2H3,(H,46,51)/t29-/m1/s1. The maximum absolute atomic E-state index is 13.2. The third-order valence-corrected chi connectivity index (χ3v) is 11.2. The third kappa shape index (κ3) is 8.03. The van der Waals surface area contributed by atoms with Gasteiger partial charge in [-0.15, -0.1) is 0 Å². The molecule has 2 fully saturated rings. The number of carbonyl (C=O) groups is 3. The number of aromatic nitrogens is 2. The Morgan fingerprint density at radius 1 is 0.981 bits per heavy atom. The van der Waals surface area contributed by atoms with Gasteiger partial charge < -0.3 is 30.5 Å². The molecular formula is C40H43Cl2N7O4. The van der Waals surface area contributed by atoms with E-state index in [1.165, 1.54) is 0 Å². The summed E-state index contributed by atoms with van der Waals surface area (Å²) in [6, 6.07) is 17.8. The van der Waals surface area contributed by atoms with Gasteiger partial charge in [0.1, 0.15) is 0 Å². The summed E-state index contributed by atoms with van der Waals surface area (Å²) in [6.07, 6.45) is 4.94. The van der Waals surface area contributed by atoms with Gasteiger partial charge in [-0.3, -0.25) is 19.4 Å². The van der Waals surface area contributed by atoms with Crippen LogP contribution >= 0.6 is 23.2 Å². The highest BCUT2D eigenvalue weighted by Gasteiger charge is 2.28. The Kier molecular flexibility index (Phi) is 11.3. The molecule has 2 aromatic carbocycles. The number of pyridine rings is 2. The SMILES string of the molecule is COc1nc(-c2cccc(-c3ccnc(-c4ccc5c(c4)CN(CCNC[C@H]4CCC(=O)N4)C5=O)c3Cl)c2Cl)ccc1CNC1CCN(C(C)=O)CC1. The lowest BCUT2D eigenvalue weighted by atomic mass is 9.98. The van der Waals surface area contributed by atoms with E-state index in [0.717, 1.165) is 65.7 Å². The number of methoxy groups -OCH3 is 1. The summed E-state index contributed by atoms with van der Waals surface area (Å²) in [5.41, 5.74) is 6.85. The number of hydrogen-bond donors (Lipinski definition) is 3. The van der Waals surface area contributed by atoms with E-state index >= 15 is 0 Å². The highest BCUT2D eigenvalue weighted by molar-refractivity contribution is 6.39. The topological polar surface area (TPSA) is 129 Å². The van der Waals surface area contributed by atoms with E-state index in [4.69, 9.17) is 32.9 Å². The molecule has 0 saturated carbocycles. The molecule has 3 aliphatic rings. The van der Waals surface area contributed by atoms with Crippen LogP contribution in [-0.2, 0) is 22.7 Å². The number of hydrogen-bond acceptors (Lipinski definition) is 8. The van der Waals surface area contributed by atoms with Gasteiger partial charge in [0.15, 0.2) is 0 Å². The van der Waals surface area contributed by atoms with E-state index < -0.39 is 0 Å². The number of likely N-dealkylation sites (tertiary alicyclic amines) is 1. The average Bonchev–Trinajstić information content (AvgIpc) is 3.73. The van der Waals surface area contributed by atoms with Crippen molar-refractivity contribution in [2.75, 3.05) is 39.8 Å². The molecule has 3 aliphatic heterocycles. The summed E-state index contributed by atoms with van der Waals surface area (Å²) in [6.45, 7) is 6.13. The molecule has 3 N–H and O–H groups in total. The van der Waals surface area contributed by atoms with E-state index in [9.17, 15) is 14.4 Å². The second-order valence-corrected chi connectivity index (χ2v) is 14.6. The Morgan fingerprint density at radius 2 is 1.77 bits per heavy atom. The van der Waals surface area contributed by atoms with Crippen LogP contribution in [0.3, 0.4) is 0 Å². The largest absolute Gasteiger partial charge is 0.481 e. The van der Waals surface area contributed by atoms with E-state index in [-0.39, 0.29) is 23.8 Å². The lowest BCUT2D eigenvalue weighted by Crippen LogP contribution is -2.44. The van der Waals surface area contributed by atoms with Crippen LogP contribution in [0.5, 0.6) is 5.88 Å². The van der Waals surface area contributed by atoms with Gasteiger partial charge in [-0.2, -0.15) is 0 Å². The second kappa shape index (κ2) is 16.2. The fraction of sp³-hybridized carbons (Fsp3) is 0.375. The van der Waals surface area contributed by atoms with Gasteiger partial charge >= 0.3 is 0 Å². The molecular weight excluding hydrogens is 713 g/mol. The van der Waals surface area contributed by atoms with Crippen LogP contribution in [0.4, 0.5) is 0 Å². The fourth-order valence-corrected chi connectivity index (χ4v) is 8.05. The molecule has 2 aromatic heterocycles. The lowest BCUT2D eigenvalue weighted by molar-refractivity contribution is -0.130. The Bertz CT molecular complexity index is 2030. The first-order chi connectivity index (χ1) is 25.7. The van der Waals surface area contributed by atoms with Crippen molar-refractivity contribution < 1.29 is 19.1 Å². The van der Waals surface area contributed by atoms with Crippen LogP contribution in [0.2, 0.25) is 10.0 Å². The summed E-state index contributed by atoms with van der Waals surface area (Å²) in [7, 11) is 1.61.